The van der Waals surface area contributed by atoms with Gasteiger partial charge in [0.1, 0.15) is 17.4 Å². The van der Waals surface area contributed by atoms with Crippen molar-refractivity contribution in [3.63, 3.8) is 0 Å². The molecule has 4 aromatic rings. The second kappa shape index (κ2) is 6.73. The number of hydrogen-bond donors (Lipinski definition) is 5. The topological polar surface area (TPSA) is 155 Å². The Balaban J connectivity index is 1.94. The molecule has 1 aliphatic rings. The molecule has 0 radical (unpaired) electrons. The van der Waals surface area contributed by atoms with E-state index in [0.717, 1.165) is 0 Å². The number of anilines is 3. The molecule has 0 saturated heterocycles. The molecule has 10 heteroatoms. The maximum Gasteiger partial charge on any atom is 0.327 e. The second-order valence-corrected chi connectivity index (χ2v) is 7.04. The molecular weight excluding hydrogens is 402 g/mol. The van der Waals surface area contributed by atoms with Crippen molar-refractivity contribution in [2.75, 3.05) is 4.90 Å². The average molecular weight is 417 g/mol. The van der Waals surface area contributed by atoms with E-state index < -0.39 is 28.4 Å². The number of fused-ring (bicyclic) bond motifs is 2. The summed E-state index contributed by atoms with van der Waals surface area (Å²) in [4.78, 5) is 61.4. The number of nitrogens with one attached hydrogen (secondary N) is 4. The number of aromatic amines is 4. The van der Waals surface area contributed by atoms with E-state index in [1.54, 1.807) is 42.5 Å². The third-order valence-corrected chi connectivity index (χ3v) is 5.18. The van der Waals surface area contributed by atoms with Gasteiger partial charge in [0.2, 0.25) is 0 Å². The molecule has 3 heterocycles. The third kappa shape index (κ3) is 2.89. The first-order chi connectivity index (χ1) is 14.9. The molecule has 0 fully saturated rings. The first-order valence-corrected chi connectivity index (χ1v) is 9.31. The van der Waals surface area contributed by atoms with E-state index >= 15 is 0 Å². The van der Waals surface area contributed by atoms with Gasteiger partial charge < -0.3 is 5.11 Å². The summed E-state index contributed by atoms with van der Waals surface area (Å²) in [6.07, 6.45) is 0. The van der Waals surface area contributed by atoms with Crippen LogP contribution in [0.15, 0.2) is 73.8 Å². The summed E-state index contributed by atoms with van der Waals surface area (Å²) < 4.78 is 0. The van der Waals surface area contributed by atoms with Gasteiger partial charge in [-0.25, -0.2) is 9.59 Å². The maximum atomic E-state index is 13.0. The molecule has 5 rings (SSSR count). The lowest BCUT2D eigenvalue weighted by molar-refractivity contribution is 0.475. The van der Waals surface area contributed by atoms with Crippen molar-refractivity contribution < 1.29 is 5.11 Å². The summed E-state index contributed by atoms with van der Waals surface area (Å²) in [5, 5.41) is 9.68. The van der Waals surface area contributed by atoms with Crippen molar-refractivity contribution in [2.45, 2.75) is 5.92 Å². The highest BCUT2D eigenvalue weighted by atomic mass is 16.3. The van der Waals surface area contributed by atoms with Crippen molar-refractivity contribution in [1.29, 1.82) is 0 Å². The summed E-state index contributed by atoms with van der Waals surface area (Å²) in [6.45, 7) is 0. The second-order valence-electron chi connectivity index (χ2n) is 7.04. The van der Waals surface area contributed by atoms with Gasteiger partial charge in [0.25, 0.3) is 11.1 Å². The van der Waals surface area contributed by atoms with Crippen LogP contribution in [0.4, 0.5) is 17.3 Å². The average Bonchev–Trinajstić information content (AvgIpc) is 2.73. The first kappa shape index (κ1) is 18.4. The summed E-state index contributed by atoms with van der Waals surface area (Å²) in [7, 11) is 0. The highest BCUT2D eigenvalue weighted by molar-refractivity contribution is 5.81. The van der Waals surface area contributed by atoms with Crippen molar-refractivity contribution in [2.24, 2.45) is 0 Å². The number of aromatic hydroxyl groups is 1. The number of aromatic nitrogens is 4. The van der Waals surface area contributed by atoms with Crippen molar-refractivity contribution >= 4 is 17.3 Å². The zero-order chi connectivity index (χ0) is 21.7. The molecule has 1 aliphatic heterocycles. The number of benzene rings is 2. The molecule has 0 bridgehead atoms. The molecule has 0 amide bonds. The number of H-pyrrole nitrogens is 4. The van der Waals surface area contributed by atoms with Crippen LogP contribution in [0, 0.1) is 0 Å². The van der Waals surface area contributed by atoms with Gasteiger partial charge in [-0.2, -0.15) is 0 Å². The van der Waals surface area contributed by atoms with Gasteiger partial charge in [-0.1, -0.05) is 30.3 Å². The van der Waals surface area contributed by atoms with Gasteiger partial charge in [0, 0.05) is 5.69 Å². The Morgan fingerprint density at radius 1 is 0.677 bits per heavy atom. The lowest BCUT2D eigenvalue weighted by Crippen LogP contribution is -2.40. The normalized spacial score (nSPS) is 13.0. The van der Waals surface area contributed by atoms with Gasteiger partial charge in [-0.05, 0) is 29.8 Å². The van der Waals surface area contributed by atoms with Gasteiger partial charge in [0.15, 0.2) is 0 Å². The lowest BCUT2D eigenvalue weighted by atomic mass is 9.83. The summed E-state index contributed by atoms with van der Waals surface area (Å²) in [5.41, 5.74) is -1.52. The Labute approximate surface area is 172 Å². The van der Waals surface area contributed by atoms with E-state index in [-0.39, 0.29) is 28.5 Å². The number of rotatable bonds is 2. The standard InChI is InChI=1S/C21H15N5O5/c27-12-8-6-10(7-9-12)13-14-16(22-20(30)24-18(14)28)26(11-4-2-1-3-5-11)17-15(13)19(29)25-21(31)23-17/h1-9,13,27H,(H2,22,24,28,30)(H2,23,25,29,31). The molecule has 0 unspecified atom stereocenters. The Bertz CT molecular complexity index is 1450. The molecule has 2 aromatic heterocycles. The molecule has 0 saturated carbocycles. The van der Waals surface area contributed by atoms with Crippen LogP contribution in [0.5, 0.6) is 5.75 Å². The smallest absolute Gasteiger partial charge is 0.327 e. The molecule has 0 aliphatic carbocycles. The zero-order valence-electron chi connectivity index (χ0n) is 15.8. The molecule has 0 spiro atoms. The number of hydrogen-bond acceptors (Lipinski definition) is 6. The quantitative estimate of drug-likeness (QED) is 0.290. The van der Waals surface area contributed by atoms with E-state index in [4.69, 9.17) is 0 Å². The molecule has 10 nitrogen and oxygen atoms in total. The lowest BCUT2D eigenvalue weighted by Gasteiger charge is -2.35. The highest BCUT2D eigenvalue weighted by Gasteiger charge is 2.38. The molecule has 31 heavy (non-hydrogen) atoms. The van der Waals surface area contributed by atoms with Crippen LogP contribution in [0.2, 0.25) is 0 Å². The van der Waals surface area contributed by atoms with Crippen LogP contribution in [0.25, 0.3) is 0 Å². The first-order valence-electron chi connectivity index (χ1n) is 9.31. The van der Waals surface area contributed by atoms with Crippen LogP contribution >= 0.6 is 0 Å². The van der Waals surface area contributed by atoms with Crippen molar-refractivity contribution in [1.82, 2.24) is 19.9 Å². The van der Waals surface area contributed by atoms with Gasteiger partial charge >= 0.3 is 11.4 Å². The van der Waals surface area contributed by atoms with E-state index in [9.17, 15) is 24.3 Å². The Morgan fingerprint density at radius 3 is 1.71 bits per heavy atom. The van der Waals surface area contributed by atoms with Crippen molar-refractivity contribution in [3.05, 3.63) is 113 Å². The zero-order valence-corrected chi connectivity index (χ0v) is 15.8. The fourth-order valence-electron chi connectivity index (χ4n) is 3.95. The number of nitrogens with zero attached hydrogens (tertiary/aromatic N) is 1. The minimum Gasteiger partial charge on any atom is -0.508 e. The number of phenolic OH excluding ortho intramolecular Hbond substituents is 1. The fraction of sp³-hybridized carbons (Fsp3) is 0.0476. The van der Waals surface area contributed by atoms with Crippen LogP contribution in [0.3, 0.4) is 0 Å². The summed E-state index contributed by atoms with van der Waals surface area (Å²) >= 11 is 0. The summed E-state index contributed by atoms with van der Waals surface area (Å²) in [6, 6.07) is 14.7. The number of para-hydroxylation sites is 1. The molecular formula is C21H15N5O5. The monoisotopic (exact) mass is 417 g/mol. The third-order valence-electron chi connectivity index (χ3n) is 5.18. The highest BCUT2D eigenvalue weighted by Crippen LogP contribution is 2.46. The van der Waals surface area contributed by atoms with Crippen molar-refractivity contribution in [3.8, 4) is 5.75 Å². The SMILES string of the molecule is O=c1[nH]c2c(c(=O)[nH]1)C(c1ccc(O)cc1)c1c([nH]c(=O)[nH]c1=O)N2c1ccccc1. The minimum absolute atomic E-state index is 0.0108. The van der Waals surface area contributed by atoms with Gasteiger partial charge in [-0.15, -0.1) is 0 Å². The van der Waals surface area contributed by atoms with E-state index in [1.165, 1.54) is 17.0 Å². The minimum atomic E-state index is -0.910. The van der Waals surface area contributed by atoms with Crippen LogP contribution in [0.1, 0.15) is 22.6 Å². The maximum absolute atomic E-state index is 13.0. The van der Waals surface area contributed by atoms with Crippen LogP contribution in [-0.4, -0.2) is 25.0 Å². The van der Waals surface area contributed by atoms with E-state index in [0.29, 0.717) is 11.3 Å². The Morgan fingerprint density at radius 2 is 1.19 bits per heavy atom. The largest absolute Gasteiger partial charge is 0.508 e. The Kier molecular flexibility index (Phi) is 4.00. The predicted molar refractivity (Wildman–Crippen MR) is 113 cm³/mol. The van der Waals surface area contributed by atoms with Crippen LogP contribution in [-0.2, 0) is 0 Å². The number of phenols is 1. The van der Waals surface area contributed by atoms with Gasteiger partial charge in [-0.3, -0.25) is 34.4 Å². The molecule has 154 valence electrons. The fourth-order valence-corrected chi connectivity index (χ4v) is 3.95. The van der Waals surface area contributed by atoms with Gasteiger partial charge in [0.05, 0.1) is 17.0 Å². The predicted octanol–water partition coefficient (Wildman–Crippen LogP) is 1.11. The van der Waals surface area contributed by atoms with Crippen LogP contribution < -0.4 is 27.4 Å². The van der Waals surface area contributed by atoms with E-state index in [1.807, 2.05) is 0 Å². The van der Waals surface area contributed by atoms with E-state index in [2.05, 4.69) is 19.9 Å². The molecule has 2 aromatic carbocycles. The molecule has 0 atom stereocenters. The Hall–Kier alpha value is -4.60. The summed E-state index contributed by atoms with van der Waals surface area (Å²) in [5.74, 6) is -0.637. The molecule has 5 N–H and O–H groups in total.